The number of benzene rings is 3. The number of phenolic OH excluding ortho intramolecular Hbond substituents is 1. The maximum absolute atomic E-state index is 12.6. The van der Waals surface area contributed by atoms with E-state index in [1.54, 1.807) is 24.3 Å². The quantitative estimate of drug-likeness (QED) is 0.115. The Hall–Kier alpha value is -5.03. The summed E-state index contributed by atoms with van der Waals surface area (Å²) in [6.45, 7) is 1.94. The van der Waals surface area contributed by atoms with Gasteiger partial charge in [-0.3, -0.25) is 20.2 Å². The SMILES string of the molecule is Cc1ccc2nc(-c3cc(NC(=S)NC(=O)c4ccc(-c5cccc([N+](=O)[O-])c5)o4)ccc3O)oc2c1. The zero-order chi connectivity index (χ0) is 26.1. The topological polar surface area (TPSA) is 144 Å². The Morgan fingerprint density at radius 3 is 2.70 bits per heavy atom. The molecule has 0 fully saturated rings. The monoisotopic (exact) mass is 514 g/mol. The summed E-state index contributed by atoms with van der Waals surface area (Å²) < 4.78 is 11.4. The van der Waals surface area contributed by atoms with Gasteiger partial charge in [0.2, 0.25) is 5.89 Å². The molecule has 0 spiro atoms. The zero-order valence-electron chi connectivity index (χ0n) is 19.2. The van der Waals surface area contributed by atoms with Crippen molar-refractivity contribution in [1.82, 2.24) is 10.3 Å². The molecule has 5 aromatic rings. The molecule has 0 radical (unpaired) electrons. The first-order chi connectivity index (χ1) is 17.8. The van der Waals surface area contributed by atoms with Crippen molar-refractivity contribution < 1.29 is 23.7 Å². The third-order valence-electron chi connectivity index (χ3n) is 5.43. The molecule has 0 aliphatic heterocycles. The number of aromatic nitrogens is 1. The average Bonchev–Trinajstić information content (AvgIpc) is 3.52. The number of aryl methyl sites for hydroxylation is 1. The number of hydrogen-bond acceptors (Lipinski definition) is 8. The first kappa shape index (κ1) is 23.7. The first-order valence-electron chi connectivity index (χ1n) is 10.9. The fraction of sp³-hybridized carbons (Fsp3) is 0.0385. The molecule has 3 aromatic carbocycles. The van der Waals surface area contributed by atoms with Gasteiger partial charge in [0.1, 0.15) is 17.0 Å². The van der Waals surface area contributed by atoms with Crippen molar-refractivity contribution in [1.29, 1.82) is 0 Å². The molecule has 0 aliphatic carbocycles. The highest BCUT2D eigenvalue weighted by Gasteiger charge is 2.17. The Morgan fingerprint density at radius 2 is 1.89 bits per heavy atom. The van der Waals surface area contributed by atoms with Gasteiger partial charge in [-0.2, -0.15) is 0 Å². The summed E-state index contributed by atoms with van der Waals surface area (Å²) in [5.41, 5.74) is 3.47. The molecular weight excluding hydrogens is 496 g/mol. The minimum Gasteiger partial charge on any atom is -0.507 e. The van der Waals surface area contributed by atoms with Crippen LogP contribution in [0.25, 0.3) is 33.9 Å². The number of carbonyl (C=O) groups is 1. The number of rotatable bonds is 5. The van der Waals surface area contributed by atoms with E-state index in [0.717, 1.165) is 5.56 Å². The molecule has 0 saturated heterocycles. The number of furan rings is 1. The lowest BCUT2D eigenvalue weighted by atomic mass is 10.1. The zero-order valence-corrected chi connectivity index (χ0v) is 20.0. The van der Waals surface area contributed by atoms with Crippen molar-refractivity contribution in [2.45, 2.75) is 6.92 Å². The molecule has 37 heavy (non-hydrogen) atoms. The minimum absolute atomic E-state index is 0.0110. The maximum Gasteiger partial charge on any atom is 0.293 e. The number of hydrogen-bond donors (Lipinski definition) is 3. The van der Waals surface area contributed by atoms with Crippen LogP contribution in [0.15, 0.2) is 81.6 Å². The number of nitrogens with one attached hydrogen (secondary N) is 2. The predicted octanol–water partition coefficient (Wildman–Crippen LogP) is 5.80. The Balaban J connectivity index is 1.29. The molecule has 2 heterocycles. The Kier molecular flexibility index (Phi) is 6.12. The smallest absolute Gasteiger partial charge is 0.293 e. The molecule has 2 aromatic heterocycles. The molecule has 184 valence electrons. The van der Waals surface area contributed by atoms with Gasteiger partial charge in [0, 0.05) is 23.4 Å². The van der Waals surface area contributed by atoms with Gasteiger partial charge in [-0.05, 0) is 67.2 Å². The van der Waals surface area contributed by atoms with Gasteiger partial charge in [0.15, 0.2) is 16.5 Å². The highest BCUT2D eigenvalue weighted by molar-refractivity contribution is 7.80. The van der Waals surface area contributed by atoms with Gasteiger partial charge in [-0.1, -0.05) is 18.2 Å². The van der Waals surface area contributed by atoms with E-state index in [-0.39, 0.29) is 28.2 Å². The molecule has 11 heteroatoms. The number of non-ortho nitro benzene ring substituents is 1. The van der Waals surface area contributed by atoms with E-state index in [9.17, 15) is 20.0 Å². The summed E-state index contributed by atoms with van der Waals surface area (Å²) >= 11 is 5.26. The van der Waals surface area contributed by atoms with Crippen molar-refractivity contribution >= 4 is 45.7 Å². The van der Waals surface area contributed by atoms with E-state index in [1.807, 2.05) is 25.1 Å². The number of carbonyl (C=O) groups excluding carboxylic acids is 1. The van der Waals surface area contributed by atoms with Gasteiger partial charge >= 0.3 is 0 Å². The van der Waals surface area contributed by atoms with E-state index >= 15 is 0 Å². The van der Waals surface area contributed by atoms with Crippen molar-refractivity contribution in [2.75, 3.05) is 5.32 Å². The number of nitro benzene ring substituents is 1. The van der Waals surface area contributed by atoms with E-state index in [1.165, 1.54) is 30.3 Å². The molecule has 0 atom stereocenters. The number of fused-ring (bicyclic) bond motifs is 1. The molecule has 0 unspecified atom stereocenters. The van der Waals surface area contributed by atoms with E-state index in [2.05, 4.69) is 15.6 Å². The molecular formula is C26H18N4O6S. The van der Waals surface area contributed by atoms with Crippen molar-refractivity contribution in [2.24, 2.45) is 0 Å². The van der Waals surface area contributed by atoms with E-state index in [4.69, 9.17) is 21.1 Å². The molecule has 0 saturated carbocycles. The maximum atomic E-state index is 12.6. The average molecular weight is 515 g/mol. The van der Waals surface area contributed by atoms with Crippen LogP contribution in [-0.4, -0.2) is 26.0 Å². The summed E-state index contributed by atoms with van der Waals surface area (Å²) in [5.74, 6) is -0.139. The third-order valence-corrected chi connectivity index (χ3v) is 5.63. The van der Waals surface area contributed by atoms with Gasteiger partial charge < -0.3 is 19.3 Å². The molecule has 1 amide bonds. The summed E-state index contributed by atoms with van der Waals surface area (Å²) in [6.07, 6.45) is 0. The number of thiocarbonyl (C=S) groups is 1. The van der Waals surface area contributed by atoms with Crippen LogP contribution < -0.4 is 10.6 Å². The summed E-state index contributed by atoms with van der Waals surface area (Å²) in [6, 6.07) is 19.1. The second kappa shape index (κ2) is 9.55. The molecule has 3 N–H and O–H groups in total. The van der Waals surface area contributed by atoms with Crippen LogP contribution in [0.5, 0.6) is 5.75 Å². The minimum atomic E-state index is -0.609. The number of anilines is 1. The lowest BCUT2D eigenvalue weighted by molar-refractivity contribution is -0.384. The van der Waals surface area contributed by atoms with Crippen LogP contribution in [0.3, 0.4) is 0 Å². The molecule has 10 nitrogen and oxygen atoms in total. The van der Waals surface area contributed by atoms with E-state index in [0.29, 0.717) is 33.7 Å². The van der Waals surface area contributed by atoms with Gasteiger partial charge in [-0.15, -0.1) is 0 Å². The fourth-order valence-electron chi connectivity index (χ4n) is 3.65. The van der Waals surface area contributed by atoms with Gasteiger partial charge in [-0.25, -0.2) is 4.98 Å². The predicted molar refractivity (Wildman–Crippen MR) is 140 cm³/mol. The van der Waals surface area contributed by atoms with Crippen LogP contribution in [0.1, 0.15) is 16.1 Å². The Morgan fingerprint density at radius 1 is 1.05 bits per heavy atom. The number of nitrogens with zero attached hydrogens (tertiary/aromatic N) is 2. The van der Waals surface area contributed by atoms with Crippen molar-refractivity contribution in [3.05, 3.63) is 94.2 Å². The normalized spacial score (nSPS) is 10.8. The highest BCUT2D eigenvalue weighted by atomic mass is 32.1. The Labute approximate surface area is 214 Å². The number of oxazole rings is 1. The third kappa shape index (κ3) is 5.02. The van der Waals surface area contributed by atoms with Gasteiger partial charge in [0.25, 0.3) is 11.6 Å². The van der Waals surface area contributed by atoms with Crippen molar-refractivity contribution in [3.63, 3.8) is 0 Å². The number of aromatic hydroxyl groups is 1. The summed E-state index contributed by atoms with van der Waals surface area (Å²) in [4.78, 5) is 27.6. The lowest BCUT2D eigenvalue weighted by Crippen LogP contribution is -2.33. The lowest BCUT2D eigenvalue weighted by Gasteiger charge is -2.10. The fourth-order valence-corrected chi connectivity index (χ4v) is 3.86. The second-order valence-corrected chi connectivity index (χ2v) is 8.51. The largest absolute Gasteiger partial charge is 0.507 e. The first-order valence-corrected chi connectivity index (χ1v) is 11.4. The van der Waals surface area contributed by atoms with Crippen LogP contribution in [-0.2, 0) is 0 Å². The summed E-state index contributed by atoms with van der Waals surface area (Å²) in [7, 11) is 0. The van der Waals surface area contributed by atoms with Crippen LogP contribution >= 0.6 is 12.2 Å². The van der Waals surface area contributed by atoms with E-state index < -0.39 is 10.8 Å². The standard InChI is InChI=1S/C26H18N4O6S/c1-14-5-7-19-23(11-14)36-25(28-19)18-13-16(6-8-20(18)31)27-26(37)29-24(32)22-10-9-21(35-22)15-3-2-4-17(12-15)30(33)34/h2-13,31H,1H3,(H2,27,29,32,37). The van der Waals surface area contributed by atoms with Crippen LogP contribution in [0.4, 0.5) is 11.4 Å². The molecule has 0 aliphatic rings. The summed E-state index contributed by atoms with van der Waals surface area (Å²) in [5, 5.41) is 26.8. The molecule has 5 rings (SSSR count). The molecule has 0 bridgehead atoms. The number of phenols is 1. The second-order valence-electron chi connectivity index (χ2n) is 8.10. The van der Waals surface area contributed by atoms with Crippen LogP contribution in [0.2, 0.25) is 0 Å². The number of amides is 1. The number of nitro groups is 1. The highest BCUT2D eigenvalue weighted by Crippen LogP contribution is 2.33. The van der Waals surface area contributed by atoms with Crippen LogP contribution in [0, 0.1) is 17.0 Å². The van der Waals surface area contributed by atoms with Crippen molar-refractivity contribution in [3.8, 4) is 28.5 Å². The van der Waals surface area contributed by atoms with Gasteiger partial charge in [0.05, 0.1) is 10.5 Å². The Bertz CT molecular complexity index is 1690.